The van der Waals surface area contributed by atoms with Crippen LogP contribution in [0.3, 0.4) is 0 Å². The van der Waals surface area contributed by atoms with Gasteiger partial charge in [-0.1, -0.05) is 43.6 Å². The minimum Gasteiger partial charge on any atom is -0.489 e. The maximum atomic E-state index is 6.10. The van der Waals surface area contributed by atoms with Crippen molar-refractivity contribution in [2.45, 2.75) is 33.0 Å². The average molecular weight is 291 g/mol. The molecule has 0 saturated heterocycles. The van der Waals surface area contributed by atoms with Crippen molar-refractivity contribution in [1.82, 2.24) is 10.3 Å². The molecule has 106 valence electrons. The molecule has 0 aliphatic carbocycles. The van der Waals surface area contributed by atoms with E-state index in [1.54, 1.807) is 6.20 Å². The molecule has 0 unspecified atom stereocenters. The number of pyridine rings is 1. The normalized spacial score (nSPS) is 10.8. The lowest BCUT2D eigenvalue weighted by Crippen LogP contribution is -2.22. The number of rotatable bonds is 6. The summed E-state index contributed by atoms with van der Waals surface area (Å²) in [6.07, 6.45) is 1.76. The van der Waals surface area contributed by atoms with Crippen LogP contribution in [0.15, 0.2) is 42.6 Å². The van der Waals surface area contributed by atoms with Crippen molar-refractivity contribution < 1.29 is 4.74 Å². The Bertz CT molecular complexity index is 558. The van der Waals surface area contributed by atoms with Gasteiger partial charge in [-0.25, -0.2) is 0 Å². The van der Waals surface area contributed by atoms with Crippen molar-refractivity contribution in [3.05, 3.63) is 58.9 Å². The Morgan fingerprint density at radius 1 is 1.25 bits per heavy atom. The molecule has 2 rings (SSSR count). The summed E-state index contributed by atoms with van der Waals surface area (Å²) in [5.74, 6) is 0.806. The fourth-order valence-corrected chi connectivity index (χ4v) is 1.92. The van der Waals surface area contributed by atoms with Crippen LogP contribution in [0.5, 0.6) is 5.75 Å². The first kappa shape index (κ1) is 14.8. The first-order valence-electron chi connectivity index (χ1n) is 6.69. The minimum absolute atomic E-state index is 0.435. The number of ether oxygens (including phenoxy) is 1. The van der Waals surface area contributed by atoms with Gasteiger partial charge < -0.3 is 10.1 Å². The van der Waals surface area contributed by atoms with Gasteiger partial charge >= 0.3 is 0 Å². The molecule has 0 amide bonds. The van der Waals surface area contributed by atoms with Crippen LogP contribution in [0.1, 0.15) is 25.1 Å². The Kier molecular flexibility index (Phi) is 5.39. The summed E-state index contributed by atoms with van der Waals surface area (Å²) in [5, 5.41) is 4.06. The van der Waals surface area contributed by atoms with E-state index in [0.29, 0.717) is 12.6 Å². The lowest BCUT2D eigenvalue weighted by Gasteiger charge is -2.10. The van der Waals surface area contributed by atoms with E-state index in [1.807, 2.05) is 36.4 Å². The molecule has 0 fully saturated rings. The zero-order chi connectivity index (χ0) is 14.4. The predicted molar refractivity (Wildman–Crippen MR) is 82.0 cm³/mol. The fourth-order valence-electron chi connectivity index (χ4n) is 1.73. The summed E-state index contributed by atoms with van der Waals surface area (Å²) in [6.45, 7) is 5.41. The van der Waals surface area contributed by atoms with E-state index in [0.717, 1.165) is 28.6 Å². The second kappa shape index (κ2) is 7.27. The van der Waals surface area contributed by atoms with Gasteiger partial charge in [0.1, 0.15) is 12.4 Å². The summed E-state index contributed by atoms with van der Waals surface area (Å²) in [6, 6.07) is 11.9. The van der Waals surface area contributed by atoms with E-state index < -0.39 is 0 Å². The van der Waals surface area contributed by atoms with Crippen LogP contribution in [-0.4, -0.2) is 11.0 Å². The molecule has 0 atom stereocenters. The molecular formula is C16H19ClN2O. The number of aromatic nitrogens is 1. The first-order chi connectivity index (χ1) is 9.65. The van der Waals surface area contributed by atoms with Crippen molar-refractivity contribution in [1.29, 1.82) is 0 Å². The Hall–Kier alpha value is -1.58. The van der Waals surface area contributed by atoms with E-state index in [9.17, 15) is 0 Å². The van der Waals surface area contributed by atoms with Gasteiger partial charge in [0.2, 0.25) is 0 Å². The smallest absolute Gasteiger partial charge is 0.123 e. The van der Waals surface area contributed by atoms with E-state index in [4.69, 9.17) is 16.3 Å². The maximum Gasteiger partial charge on any atom is 0.123 e. The summed E-state index contributed by atoms with van der Waals surface area (Å²) >= 11 is 6.10. The van der Waals surface area contributed by atoms with Gasteiger partial charge in [-0.05, 0) is 12.1 Å². The fraction of sp³-hybridized carbons (Fsp3) is 0.312. The number of nitrogens with one attached hydrogen (secondary N) is 1. The molecule has 1 aromatic heterocycles. The van der Waals surface area contributed by atoms with Crippen molar-refractivity contribution in [3.8, 4) is 5.75 Å². The highest BCUT2D eigenvalue weighted by molar-refractivity contribution is 6.31. The van der Waals surface area contributed by atoms with Crippen LogP contribution >= 0.6 is 11.6 Å². The molecule has 1 heterocycles. The predicted octanol–water partition coefficient (Wildman–Crippen LogP) is 3.81. The lowest BCUT2D eigenvalue weighted by atomic mass is 10.2. The highest BCUT2D eigenvalue weighted by Crippen LogP contribution is 2.18. The highest BCUT2D eigenvalue weighted by Gasteiger charge is 2.02. The molecule has 1 aromatic carbocycles. The molecule has 0 radical (unpaired) electrons. The van der Waals surface area contributed by atoms with Gasteiger partial charge in [-0.15, -0.1) is 0 Å². The third-order valence-electron chi connectivity index (χ3n) is 2.83. The van der Waals surface area contributed by atoms with Crippen molar-refractivity contribution in [2.75, 3.05) is 0 Å². The van der Waals surface area contributed by atoms with Gasteiger partial charge in [0.15, 0.2) is 0 Å². The van der Waals surface area contributed by atoms with Gasteiger partial charge in [0.05, 0.1) is 5.69 Å². The first-order valence-corrected chi connectivity index (χ1v) is 7.07. The number of hydrogen-bond donors (Lipinski definition) is 1. The third-order valence-corrected chi connectivity index (χ3v) is 3.20. The summed E-state index contributed by atoms with van der Waals surface area (Å²) in [4.78, 5) is 4.32. The summed E-state index contributed by atoms with van der Waals surface area (Å²) < 4.78 is 5.77. The van der Waals surface area contributed by atoms with E-state index in [-0.39, 0.29) is 0 Å². The third kappa shape index (κ3) is 4.51. The molecule has 1 N–H and O–H groups in total. The van der Waals surface area contributed by atoms with Crippen molar-refractivity contribution in [2.24, 2.45) is 0 Å². The van der Waals surface area contributed by atoms with Crippen LogP contribution in [0.4, 0.5) is 0 Å². The van der Waals surface area contributed by atoms with Crippen LogP contribution in [-0.2, 0) is 13.2 Å². The second-order valence-corrected chi connectivity index (χ2v) is 5.31. The Morgan fingerprint density at radius 2 is 2.05 bits per heavy atom. The SMILES string of the molecule is CC(C)NCc1cc(OCc2ccccc2Cl)ccn1. The molecule has 20 heavy (non-hydrogen) atoms. The number of benzene rings is 1. The molecule has 2 aromatic rings. The standard InChI is InChI=1S/C16H19ClN2O/c1-12(2)19-10-14-9-15(7-8-18-14)20-11-13-5-3-4-6-16(13)17/h3-9,12,19H,10-11H2,1-2H3. The van der Waals surface area contributed by atoms with Crippen molar-refractivity contribution in [3.63, 3.8) is 0 Å². The van der Waals surface area contributed by atoms with Crippen molar-refractivity contribution >= 4 is 11.6 Å². The number of halogens is 1. The van der Waals surface area contributed by atoms with Crippen LogP contribution < -0.4 is 10.1 Å². The van der Waals surface area contributed by atoms with Gasteiger partial charge in [-0.2, -0.15) is 0 Å². The molecule has 0 aliphatic rings. The summed E-state index contributed by atoms with van der Waals surface area (Å²) in [7, 11) is 0. The van der Waals surface area contributed by atoms with Crippen LogP contribution in [0.25, 0.3) is 0 Å². The van der Waals surface area contributed by atoms with Crippen LogP contribution in [0, 0.1) is 0 Å². The molecule has 3 nitrogen and oxygen atoms in total. The number of nitrogens with zero attached hydrogens (tertiary/aromatic N) is 1. The minimum atomic E-state index is 0.435. The lowest BCUT2D eigenvalue weighted by molar-refractivity contribution is 0.305. The Morgan fingerprint density at radius 3 is 2.80 bits per heavy atom. The van der Waals surface area contributed by atoms with Gasteiger partial charge in [0.25, 0.3) is 0 Å². The molecule has 0 aliphatic heterocycles. The maximum absolute atomic E-state index is 6.10. The van der Waals surface area contributed by atoms with Gasteiger partial charge in [0, 0.05) is 35.4 Å². The molecule has 0 spiro atoms. The van der Waals surface area contributed by atoms with E-state index in [1.165, 1.54) is 0 Å². The highest BCUT2D eigenvalue weighted by atomic mass is 35.5. The van der Waals surface area contributed by atoms with Gasteiger partial charge in [-0.3, -0.25) is 4.98 Å². The largest absolute Gasteiger partial charge is 0.489 e. The summed E-state index contributed by atoms with van der Waals surface area (Å²) in [5.41, 5.74) is 1.95. The number of hydrogen-bond acceptors (Lipinski definition) is 3. The molecular weight excluding hydrogens is 272 g/mol. The molecule has 4 heteroatoms. The zero-order valence-electron chi connectivity index (χ0n) is 11.8. The zero-order valence-corrected chi connectivity index (χ0v) is 12.5. The van der Waals surface area contributed by atoms with Crippen LogP contribution in [0.2, 0.25) is 5.02 Å². The monoisotopic (exact) mass is 290 g/mol. The van der Waals surface area contributed by atoms with E-state index >= 15 is 0 Å². The molecule has 0 bridgehead atoms. The topological polar surface area (TPSA) is 34.1 Å². The quantitative estimate of drug-likeness (QED) is 0.878. The molecule has 0 saturated carbocycles. The Balaban J connectivity index is 1.96. The Labute approximate surface area is 124 Å². The second-order valence-electron chi connectivity index (χ2n) is 4.90. The average Bonchev–Trinajstić information content (AvgIpc) is 2.45. The van der Waals surface area contributed by atoms with E-state index in [2.05, 4.69) is 24.1 Å².